The van der Waals surface area contributed by atoms with E-state index in [1.54, 1.807) is 6.20 Å². The molecule has 3 aliphatic rings. The average molecular weight is 380 g/mol. The van der Waals surface area contributed by atoms with E-state index < -0.39 is 0 Å². The summed E-state index contributed by atoms with van der Waals surface area (Å²) in [7, 11) is 0. The lowest BCUT2D eigenvalue weighted by Gasteiger charge is -2.32. The van der Waals surface area contributed by atoms with Crippen LogP contribution in [0.4, 0.5) is 0 Å². The van der Waals surface area contributed by atoms with Crippen LogP contribution in [0.1, 0.15) is 30.5 Å². The lowest BCUT2D eigenvalue weighted by atomic mass is 10.0. The van der Waals surface area contributed by atoms with Gasteiger partial charge in [0.1, 0.15) is 0 Å². The molecular formula is C21H24N4O3. The smallest absolute Gasteiger partial charge is 0.228 e. The van der Waals surface area contributed by atoms with Crippen LogP contribution in [0.15, 0.2) is 24.4 Å². The molecule has 146 valence electrons. The second kappa shape index (κ2) is 7.13. The molecule has 3 aliphatic heterocycles. The summed E-state index contributed by atoms with van der Waals surface area (Å²) < 4.78 is 5.40. The molecule has 1 atom stereocenters. The first-order valence-corrected chi connectivity index (χ1v) is 10.1. The second-order valence-electron chi connectivity index (χ2n) is 7.94. The number of likely N-dealkylation sites (tertiary alicyclic amines) is 1. The summed E-state index contributed by atoms with van der Waals surface area (Å²) >= 11 is 0. The molecule has 0 saturated carbocycles. The highest BCUT2D eigenvalue weighted by atomic mass is 16.5. The standard InChI is InChI=1S/C21H24N4O3/c26-19-11-16(13-25(19)17-4-8-28-9-5-17)21(27)24-7-3-18-15(12-24)10-14-2-1-6-22-20(14)23-18/h1-2,6,10,16-17H,3-5,7-9,11-13H2. The second-order valence-corrected chi connectivity index (χ2v) is 7.94. The van der Waals surface area contributed by atoms with E-state index in [0.717, 1.165) is 41.6 Å². The van der Waals surface area contributed by atoms with E-state index >= 15 is 0 Å². The van der Waals surface area contributed by atoms with E-state index in [0.29, 0.717) is 39.3 Å². The maximum atomic E-state index is 13.1. The van der Waals surface area contributed by atoms with Crippen LogP contribution < -0.4 is 0 Å². The fraction of sp³-hybridized carbons (Fsp3) is 0.524. The van der Waals surface area contributed by atoms with Gasteiger partial charge in [-0.15, -0.1) is 0 Å². The van der Waals surface area contributed by atoms with Gasteiger partial charge in [0.05, 0.1) is 5.92 Å². The Bertz CT molecular complexity index is 925. The molecular weight excluding hydrogens is 356 g/mol. The largest absolute Gasteiger partial charge is 0.381 e. The van der Waals surface area contributed by atoms with E-state index in [2.05, 4.69) is 16.0 Å². The van der Waals surface area contributed by atoms with Crippen molar-refractivity contribution in [3.05, 3.63) is 35.7 Å². The fourth-order valence-electron chi connectivity index (χ4n) is 4.66. The minimum atomic E-state index is -0.230. The molecule has 5 rings (SSSR count). The average Bonchev–Trinajstić information content (AvgIpc) is 3.13. The molecule has 2 fully saturated rings. The van der Waals surface area contributed by atoms with Crippen LogP contribution in [-0.4, -0.2) is 63.9 Å². The summed E-state index contributed by atoms with van der Waals surface area (Å²) in [5.74, 6) is -0.0202. The summed E-state index contributed by atoms with van der Waals surface area (Å²) in [5.41, 5.74) is 2.88. The Morgan fingerprint density at radius 1 is 1.25 bits per heavy atom. The number of carbonyl (C=O) groups excluding carboxylic acids is 2. The first-order chi connectivity index (χ1) is 13.7. The van der Waals surface area contributed by atoms with Crippen molar-refractivity contribution in [2.75, 3.05) is 26.3 Å². The van der Waals surface area contributed by atoms with Gasteiger partial charge < -0.3 is 14.5 Å². The van der Waals surface area contributed by atoms with Crippen LogP contribution in [0.3, 0.4) is 0 Å². The van der Waals surface area contributed by atoms with Gasteiger partial charge in [-0.3, -0.25) is 9.59 Å². The zero-order valence-corrected chi connectivity index (χ0v) is 15.8. The van der Waals surface area contributed by atoms with Gasteiger partial charge in [-0.1, -0.05) is 0 Å². The lowest BCUT2D eigenvalue weighted by Crippen LogP contribution is -2.43. The van der Waals surface area contributed by atoms with Gasteiger partial charge in [-0.25, -0.2) is 9.97 Å². The lowest BCUT2D eigenvalue weighted by molar-refractivity contribution is -0.136. The van der Waals surface area contributed by atoms with Gasteiger partial charge in [0.2, 0.25) is 11.8 Å². The number of ether oxygens (including phenoxy) is 1. The molecule has 2 saturated heterocycles. The number of aromatic nitrogens is 2. The van der Waals surface area contributed by atoms with Gasteiger partial charge in [0.25, 0.3) is 0 Å². The Balaban J connectivity index is 1.30. The Morgan fingerprint density at radius 3 is 2.96 bits per heavy atom. The van der Waals surface area contributed by atoms with Crippen LogP contribution in [0.5, 0.6) is 0 Å². The SMILES string of the molecule is O=C(C1CC(=O)N(C2CCOCC2)C1)N1CCc2nc3ncccc3cc2C1. The molecule has 2 aromatic heterocycles. The fourth-order valence-corrected chi connectivity index (χ4v) is 4.66. The molecule has 0 bridgehead atoms. The topological polar surface area (TPSA) is 75.6 Å². The zero-order chi connectivity index (χ0) is 19.1. The Hall–Kier alpha value is -2.54. The summed E-state index contributed by atoms with van der Waals surface area (Å²) in [4.78, 5) is 38.5. The number of nitrogens with zero attached hydrogens (tertiary/aromatic N) is 4. The highest BCUT2D eigenvalue weighted by Crippen LogP contribution is 2.28. The highest BCUT2D eigenvalue weighted by Gasteiger charge is 2.40. The van der Waals surface area contributed by atoms with E-state index in [4.69, 9.17) is 4.74 Å². The number of hydrogen-bond donors (Lipinski definition) is 0. The minimum Gasteiger partial charge on any atom is -0.381 e. The summed E-state index contributed by atoms with van der Waals surface area (Å²) in [5, 5.41) is 0.997. The zero-order valence-electron chi connectivity index (χ0n) is 15.8. The number of amides is 2. The van der Waals surface area contributed by atoms with Gasteiger partial charge in [0, 0.05) is 69.0 Å². The predicted octanol–water partition coefficient (Wildman–Crippen LogP) is 1.54. The van der Waals surface area contributed by atoms with E-state index in [1.165, 1.54) is 0 Å². The number of hydrogen-bond acceptors (Lipinski definition) is 5. The van der Waals surface area contributed by atoms with Crippen LogP contribution >= 0.6 is 0 Å². The van der Waals surface area contributed by atoms with Crippen molar-refractivity contribution < 1.29 is 14.3 Å². The van der Waals surface area contributed by atoms with Crippen LogP contribution in [-0.2, 0) is 27.3 Å². The summed E-state index contributed by atoms with van der Waals surface area (Å²) in [6.07, 6.45) is 4.56. The normalized spacial score (nSPS) is 23.3. The Morgan fingerprint density at radius 2 is 2.11 bits per heavy atom. The molecule has 1 unspecified atom stereocenters. The van der Waals surface area contributed by atoms with E-state index in [9.17, 15) is 9.59 Å². The van der Waals surface area contributed by atoms with Gasteiger partial charge in [-0.05, 0) is 36.6 Å². The van der Waals surface area contributed by atoms with E-state index in [1.807, 2.05) is 21.9 Å². The summed E-state index contributed by atoms with van der Waals surface area (Å²) in [6, 6.07) is 6.22. The first kappa shape index (κ1) is 17.6. The van der Waals surface area contributed by atoms with Crippen molar-refractivity contribution in [2.24, 2.45) is 5.92 Å². The molecule has 2 amide bonds. The maximum Gasteiger partial charge on any atom is 0.228 e. The Labute approximate surface area is 163 Å². The summed E-state index contributed by atoms with van der Waals surface area (Å²) in [6.45, 7) is 3.16. The molecule has 7 heteroatoms. The molecule has 5 heterocycles. The minimum absolute atomic E-state index is 0.0971. The maximum absolute atomic E-state index is 13.1. The number of rotatable bonds is 2. The van der Waals surface area contributed by atoms with Crippen molar-refractivity contribution in [1.82, 2.24) is 19.8 Å². The molecule has 0 N–H and O–H groups in total. The van der Waals surface area contributed by atoms with Crippen molar-refractivity contribution in [3.63, 3.8) is 0 Å². The molecule has 7 nitrogen and oxygen atoms in total. The number of fused-ring (bicyclic) bond motifs is 2. The molecule has 0 aliphatic carbocycles. The molecule has 0 spiro atoms. The van der Waals surface area contributed by atoms with Gasteiger partial charge in [-0.2, -0.15) is 0 Å². The number of carbonyl (C=O) groups is 2. The quantitative estimate of drug-likeness (QED) is 0.790. The van der Waals surface area contributed by atoms with Crippen molar-refractivity contribution in [2.45, 2.75) is 38.3 Å². The van der Waals surface area contributed by atoms with Crippen LogP contribution in [0.25, 0.3) is 11.0 Å². The molecule has 2 aromatic rings. The monoisotopic (exact) mass is 380 g/mol. The van der Waals surface area contributed by atoms with Crippen molar-refractivity contribution >= 4 is 22.8 Å². The third-order valence-electron chi connectivity index (χ3n) is 6.19. The van der Waals surface area contributed by atoms with Crippen molar-refractivity contribution in [1.29, 1.82) is 0 Å². The highest BCUT2D eigenvalue weighted by molar-refractivity contribution is 5.89. The van der Waals surface area contributed by atoms with Gasteiger partial charge in [0.15, 0.2) is 5.65 Å². The number of pyridine rings is 2. The van der Waals surface area contributed by atoms with Gasteiger partial charge >= 0.3 is 0 Å². The molecule has 0 radical (unpaired) electrons. The third kappa shape index (κ3) is 3.13. The van der Waals surface area contributed by atoms with E-state index in [-0.39, 0.29) is 23.8 Å². The Kier molecular flexibility index (Phi) is 4.47. The first-order valence-electron chi connectivity index (χ1n) is 10.1. The third-order valence-corrected chi connectivity index (χ3v) is 6.19. The van der Waals surface area contributed by atoms with Crippen molar-refractivity contribution in [3.8, 4) is 0 Å². The van der Waals surface area contributed by atoms with Crippen LogP contribution in [0, 0.1) is 5.92 Å². The van der Waals surface area contributed by atoms with Crippen LogP contribution in [0.2, 0.25) is 0 Å². The predicted molar refractivity (Wildman–Crippen MR) is 102 cm³/mol. The molecule has 28 heavy (non-hydrogen) atoms. The molecule has 0 aromatic carbocycles.